The van der Waals surface area contributed by atoms with Gasteiger partial charge >= 0.3 is 18.2 Å². The van der Waals surface area contributed by atoms with Crippen molar-refractivity contribution in [2.24, 2.45) is 5.92 Å². The van der Waals surface area contributed by atoms with Gasteiger partial charge in [0.15, 0.2) is 0 Å². The van der Waals surface area contributed by atoms with E-state index in [2.05, 4.69) is 0 Å². The zero-order valence-corrected chi connectivity index (χ0v) is 10.4. The molecule has 2 heterocycles. The summed E-state index contributed by atoms with van der Waals surface area (Å²) >= 11 is 0. The highest BCUT2D eigenvalue weighted by Gasteiger charge is 2.52. The molecule has 2 saturated heterocycles. The number of nitrogens with zero attached hydrogens (tertiary/aromatic N) is 2. The van der Waals surface area contributed by atoms with Gasteiger partial charge in [0.05, 0.1) is 5.92 Å². The van der Waals surface area contributed by atoms with Gasteiger partial charge in [-0.1, -0.05) is 0 Å². The van der Waals surface area contributed by atoms with E-state index in [1.54, 1.807) is 0 Å². The van der Waals surface area contributed by atoms with Crippen molar-refractivity contribution in [2.45, 2.75) is 37.5 Å². The lowest BCUT2D eigenvalue weighted by atomic mass is 9.89. The largest absolute Gasteiger partial charge is 0.481 e. The molecule has 0 aromatic rings. The van der Waals surface area contributed by atoms with E-state index in [1.165, 1.54) is 4.90 Å². The standard InChI is InChI=1S/C11H15F3N2O3/c1-15(5-11(12,13)14)10(19)16-6-2-3-8(16)7(4-6)9(17)18/h6-8H,2-5H2,1H3,(H,17,18)/t6-,7+,8-/m0/s1. The van der Waals surface area contributed by atoms with E-state index >= 15 is 0 Å². The van der Waals surface area contributed by atoms with Crippen LogP contribution in [0.25, 0.3) is 0 Å². The second-order valence-corrected chi connectivity index (χ2v) is 5.14. The van der Waals surface area contributed by atoms with E-state index in [0.29, 0.717) is 24.2 Å². The molecule has 1 N–H and O–H groups in total. The number of carboxylic acids is 1. The minimum atomic E-state index is -4.45. The molecule has 0 aromatic heterocycles. The molecule has 0 aromatic carbocycles. The van der Waals surface area contributed by atoms with Gasteiger partial charge in [-0.25, -0.2) is 4.79 Å². The van der Waals surface area contributed by atoms with Gasteiger partial charge in [0.2, 0.25) is 0 Å². The van der Waals surface area contributed by atoms with Gasteiger partial charge in [-0.3, -0.25) is 4.79 Å². The van der Waals surface area contributed by atoms with E-state index in [0.717, 1.165) is 7.05 Å². The molecule has 2 bridgehead atoms. The highest BCUT2D eigenvalue weighted by atomic mass is 19.4. The van der Waals surface area contributed by atoms with Crippen LogP contribution in [0.2, 0.25) is 0 Å². The first-order chi connectivity index (χ1) is 8.70. The van der Waals surface area contributed by atoms with Crippen molar-refractivity contribution >= 4 is 12.0 Å². The number of rotatable bonds is 2. The SMILES string of the molecule is CN(CC(F)(F)F)C(=O)N1[C@H]2CC[C@H]1[C@H](C(=O)O)C2. The molecular weight excluding hydrogens is 265 g/mol. The number of alkyl halides is 3. The zero-order chi connectivity index (χ0) is 14.4. The first kappa shape index (κ1) is 14.0. The number of amides is 2. The predicted octanol–water partition coefficient (Wildman–Crippen LogP) is 1.54. The van der Waals surface area contributed by atoms with Gasteiger partial charge in [-0.2, -0.15) is 13.2 Å². The average Bonchev–Trinajstić information content (AvgIpc) is 2.82. The van der Waals surface area contributed by atoms with Crippen LogP contribution in [0.1, 0.15) is 19.3 Å². The van der Waals surface area contributed by atoms with Crippen LogP contribution in [0.5, 0.6) is 0 Å². The maximum Gasteiger partial charge on any atom is 0.406 e. The van der Waals surface area contributed by atoms with E-state index in [-0.39, 0.29) is 6.04 Å². The van der Waals surface area contributed by atoms with E-state index in [9.17, 15) is 22.8 Å². The highest BCUT2D eigenvalue weighted by Crippen LogP contribution is 2.42. The molecule has 5 nitrogen and oxygen atoms in total. The number of carboxylic acid groups (broad SMARTS) is 1. The average molecular weight is 280 g/mol. The summed E-state index contributed by atoms with van der Waals surface area (Å²) in [5.41, 5.74) is 0. The normalized spacial score (nSPS) is 29.7. The highest BCUT2D eigenvalue weighted by molar-refractivity contribution is 5.79. The van der Waals surface area contributed by atoms with Crippen LogP contribution in [-0.4, -0.2) is 58.8 Å². The lowest BCUT2D eigenvalue weighted by Crippen LogP contribution is -2.47. The van der Waals surface area contributed by atoms with Crippen LogP contribution >= 0.6 is 0 Å². The van der Waals surface area contributed by atoms with Crippen LogP contribution < -0.4 is 0 Å². The quantitative estimate of drug-likeness (QED) is 0.834. The number of urea groups is 1. The van der Waals surface area contributed by atoms with Gasteiger partial charge < -0.3 is 14.9 Å². The van der Waals surface area contributed by atoms with Crippen molar-refractivity contribution in [3.05, 3.63) is 0 Å². The Hall–Kier alpha value is -1.47. The van der Waals surface area contributed by atoms with E-state index in [4.69, 9.17) is 5.11 Å². The molecule has 8 heteroatoms. The summed E-state index contributed by atoms with van der Waals surface area (Å²) in [5.74, 6) is -1.63. The first-order valence-corrected chi connectivity index (χ1v) is 6.03. The molecule has 108 valence electrons. The molecule has 2 rings (SSSR count). The van der Waals surface area contributed by atoms with Crippen LogP contribution in [0, 0.1) is 5.92 Å². The maximum absolute atomic E-state index is 12.3. The number of halogens is 3. The molecule has 19 heavy (non-hydrogen) atoms. The Morgan fingerprint density at radius 2 is 2.00 bits per heavy atom. The van der Waals surface area contributed by atoms with E-state index < -0.39 is 36.7 Å². The maximum atomic E-state index is 12.3. The third-order valence-corrected chi connectivity index (χ3v) is 3.82. The predicted molar refractivity (Wildman–Crippen MR) is 58.5 cm³/mol. The minimum Gasteiger partial charge on any atom is -0.481 e. The number of carbonyl (C=O) groups is 2. The van der Waals surface area contributed by atoms with Gasteiger partial charge in [-0.05, 0) is 19.3 Å². The zero-order valence-electron chi connectivity index (χ0n) is 10.4. The van der Waals surface area contributed by atoms with Gasteiger partial charge in [0.1, 0.15) is 6.54 Å². The van der Waals surface area contributed by atoms with Crippen molar-refractivity contribution in [3.8, 4) is 0 Å². The number of carbonyl (C=O) groups excluding carboxylic acids is 1. The summed E-state index contributed by atoms with van der Waals surface area (Å²) in [6.45, 7) is -1.32. The van der Waals surface area contributed by atoms with Crippen molar-refractivity contribution in [1.82, 2.24) is 9.80 Å². The Bertz CT molecular complexity index is 399. The van der Waals surface area contributed by atoms with E-state index in [1.807, 2.05) is 0 Å². The van der Waals surface area contributed by atoms with Gasteiger partial charge in [-0.15, -0.1) is 0 Å². The van der Waals surface area contributed by atoms with Crippen LogP contribution in [-0.2, 0) is 4.79 Å². The Morgan fingerprint density at radius 1 is 1.37 bits per heavy atom. The van der Waals surface area contributed by atoms with Crippen LogP contribution in [0.3, 0.4) is 0 Å². The Labute approximate surface area is 108 Å². The number of hydrogen-bond donors (Lipinski definition) is 1. The lowest BCUT2D eigenvalue weighted by Gasteiger charge is -2.29. The third-order valence-electron chi connectivity index (χ3n) is 3.82. The second kappa shape index (κ2) is 4.57. The molecule has 2 aliphatic heterocycles. The number of fused-ring (bicyclic) bond motifs is 2. The third kappa shape index (κ3) is 2.62. The molecule has 2 aliphatic rings. The molecule has 0 saturated carbocycles. The van der Waals surface area contributed by atoms with Crippen molar-refractivity contribution in [1.29, 1.82) is 0 Å². The fraction of sp³-hybridized carbons (Fsp3) is 0.818. The molecular formula is C11H15F3N2O3. The number of hydrogen-bond acceptors (Lipinski definition) is 2. The van der Waals surface area contributed by atoms with Crippen molar-refractivity contribution in [2.75, 3.05) is 13.6 Å². The fourth-order valence-electron chi connectivity index (χ4n) is 3.09. The van der Waals surface area contributed by atoms with Crippen LogP contribution in [0.15, 0.2) is 0 Å². The molecule has 0 aliphatic carbocycles. The topological polar surface area (TPSA) is 60.9 Å². The smallest absolute Gasteiger partial charge is 0.406 e. The molecule has 2 amide bonds. The summed E-state index contributed by atoms with van der Waals surface area (Å²) < 4.78 is 36.8. The summed E-state index contributed by atoms with van der Waals surface area (Å²) in [5, 5.41) is 9.03. The summed E-state index contributed by atoms with van der Waals surface area (Å²) in [7, 11) is 1.09. The van der Waals surface area contributed by atoms with Gasteiger partial charge in [0.25, 0.3) is 0 Å². The first-order valence-electron chi connectivity index (χ1n) is 6.03. The minimum absolute atomic E-state index is 0.241. The molecule has 0 radical (unpaired) electrons. The van der Waals surface area contributed by atoms with Crippen molar-refractivity contribution in [3.63, 3.8) is 0 Å². The molecule has 3 atom stereocenters. The Balaban J connectivity index is 2.07. The lowest BCUT2D eigenvalue weighted by molar-refractivity contribution is -0.143. The summed E-state index contributed by atoms with van der Waals surface area (Å²) in [4.78, 5) is 25.0. The molecule has 0 spiro atoms. The van der Waals surface area contributed by atoms with Crippen molar-refractivity contribution < 1.29 is 27.9 Å². The summed E-state index contributed by atoms with van der Waals surface area (Å²) in [6.07, 6.45) is -2.89. The van der Waals surface area contributed by atoms with Gasteiger partial charge in [0, 0.05) is 19.1 Å². The van der Waals surface area contributed by atoms with Crippen LogP contribution in [0.4, 0.5) is 18.0 Å². The molecule has 2 fully saturated rings. The Morgan fingerprint density at radius 3 is 2.47 bits per heavy atom. The fourth-order valence-corrected chi connectivity index (χ4v) is 3.09. The Kier molecular flexibility index (Phi) is 3.36. The second-order valence-electron chi connectivity index (χ2n) is 5.14. The summed E-state index contributed by atoms with van der Waals surface area (Å²) in [6, 6.07) is -1.44. The number of aliphatic carboxylic acids is 1. The monoisotopic (exact) mass is 280 g/mol. The molecule has 0 unspecified atom stereocenters.